The van der Waals surface area contributed by atoms with Gasteiger partial charge in [0.1, 0.15) is 5.84 Å². The van der Waals surface area contributed by atoms with Crippen LogP contribution in [0.2, 0.25) is 0 Å². The quantitative estimate of drug-likeness (QED) is 0.343. The maximum absolute atomic E-state index is 12.2. The Morgan fingerprint density at radius 2 is 1.89 bits per heavy atom. The summed E-state index contributed by atoms with van der Waals surface area (Å²) in [6, 6.07) is 8.67. The number of hydrogen-bond acceptors (Lipinski definition) is 4. The molecule has 0 saturated carbocycles. The van der Waals surface area contributed by atoms with Crippen molar-refractivity contribution in [3.63, 3.8) is 0 Å². The normalized spacial score (nSPS) is 12.7. The maximum atomic E-state index is 12.2. The molecule has 0 radical (unpaired) electrons. The number of nitrogens with zero attached hydrogens (tertiary/aromatic N) is 3. The van der Waals surface area contributed by atoms with Crippen LogP contribution in [0.1, 0.15) is 6.42 Å². The third-order valence-corrected chi connectivity index (χ3v) is 4.36. The van der Waals surface area contributed by atoms with Crippen molar-refractivity contribution in [2.24, 2.45) is 10.9 Å². The van der Waals surface area contributed by atoms with Crippen LogP contribution in [0.5, 0.6) is 0 Å². The lowest BCUT2D eigenvalue weighted by Gasteiger charge is -2.27. The van der Waals surface area contributed by atoms with Gasteiger partial charge in [0, 0.05) is 27.1 Å². The van der Waals surface area contributed by atoms with E-state index in [0.29, 0.717) is 5.69 Å². The van der Waals surface area contributed by atoms with Gasteiger partial charge in [-0.05, 0) is 12.1 Å². The average Bonchev–Trinajstić information content (AvgIpc) is 2.39. The molecule has 0 unspecified atom stereocenters. The molecule has 0 amide bonds. The molecule has 0 saturated heterocycles. The van der Waals surface area contributed by atoms with Crippen LogP contribution in [-0.4, -0.2) is 44.4 Å². The molecule has 1 aromatic rings. The summed E-state index contributed by atoms with van der Waals surface area (Å²) in [6.45, 7) is 0.0976. The van der Waals surface area contributed by atoms with Crippen molar-refractivity contribution in [1.29, 1.82) is 0 Å². The van der Waals surface area contributed by atoms with Crippen LogP contribution < -0.4 is 10.0 Å². The molecular weight excluding hydrogens is 268 g/mol. The van der Waals surface area contributed by atoms with Crippen molar-refractivity contribution in [1.82, 2.24) is 4.31 Å². The van der Waals surface area contributed by atoms with Crippen molar-refractivity contribution in [3.05, 3.63) is 30.3 Å². The molecule has 0 aliphatic rings. The monoisotopic (exact) mass is 286 g/mol. The molecule has 3 N–H and O–H groups in total. The summed E-state index contributed by atoms with van der Waals surface area (Å²) in [5.74, 6) is -0.0186. The minimum absolute atomic E-state index is 0.0186. The maximum Gasteiger partial charge on any atom is 0.303 e. The zero-order valence-electron chi connectivity index (χ0n) is 10.9. The van der Waals surface area contributed by atoms with Crippen molar-refractivity contribution in [3.8, 4) is 0 Å². The second-order valence-corrected chi connectivity index (χ2v) is 6.11. The summed E-state index contributed by atoms with van der Waals surface area (Å²) in [4.78, 5) is 0. The Morgan fingerprint density at radius 3 is 2.37 bits per heavy atom. The van der Waals surface area contributed by atoms with E-state index in [1.54, 1.807) is 30.3 Å². The van der Waals surface area contributed by atoms with Gasteiger partial charge in [0.2, 0.25) is 0 Å². The van der Waals surface area contributed by atoms with Crippen molar-refractivity contribution >= 4 is 21.7 Å². The highest BCUT2D eigenvalue weighted by atomic mass is 32.2. The summed E-state index contributed by atoms with van der Waals surface area (Å²) in [7, 11) is -0.715. The van der Waals surface area contributed by atoms with Crippen LogP contribution in [-0.2, 0) is 10.2 Å². The Bertz CT molecular complexity index is 528. The van der Waals surface area contributed by atoms with Crippen LogP contribution in [0.25, 0.3) is 0 Å². The first-order valence-electron chi connectivity index (χ1n) is 5.61. The highest BCUT2D eigenvalue weighted by molar-refractivity contribution is 7.90. The first kappa shape index (κ1) is 15.3. The van der Waals surface area contributed by atoms with E-state index < -0.39 is 10.2 Å². The van der Waals surface area contributed by atoms with E-state index >= 15 is 0 Å². The standard InChI is InChI=1S/C11H18N4O3S/c1-14(2)19(17,18)15(9-8-11(12)13-16)10-6-4-3-5-7-10/h3-7,16H,8-9H2,1-2H3,(H2,12,13). The highest BCUT2D eigenvalue weighted by Gasteiger charge is 2.24. The van der Waals surface area contributed by atoms with Gasteiger partial charge in [-0.25, -0.2) is 0 Å². The predicted molar refractivity (Wildman–Crippen MR) is 74.4 cm³/mol. The van der Waals surface area contributed by atoms with E-state index in [0.717, 1.165) is 4.31 Å². The molecule has 7 nitrogen and oxygen atoms in total. The zero-order chi connectivity index (χ0) is 14.5. The fraction of sp³-hybridized carbons (Fsp3) is 0.364. The Morgan fingerprint density at radius 1 is 1.32 bits per heavy atom. The van der Waals surface area contributed by atoms with E-state index in [4.69, 9.17) is 10.9 Å². The molecule has 8 heteroatoms. The molecule has 0 bridgehead atoms. The minimum Gasteiger partial charge on any atom is -0.409 e. The number of hydrogen-bond donors (Lipinski definition) is 2. The topological polar surface area (TPSA) is 99.2 Å². The second-order valence-electron chi connectivity index (χ2n) is 4.04. The van der Waals surface area contributed by atoms with E-state index in [-0.39, 0.29) is 18.8 Å². The Balaban J connectivity index is 3.06. The Labute approximate surface area is 113 Å². The Kier molecular flexibility index (Phi) is 5.13. The molecule has 0 heterocycles. The van der Waals surface area contributed by atoms with Gasteiger partial charge in [-0.2, -0.15) is 12.7 Å². The zero-order valence-corrected chi connectivity index (χ0v) is 11.7. The summed E-state index contributed by atoms with van der Waals surface area (Å²) >= 11 is 0. The summed E-state index contributed by atoms with van der Waals surface area (Å²) in [5.41, 5.74) is 5.91. The largest absolute Gasteiger partial charge is 0.409 e. The van der Waals surface area contributed by atoms with Gasteiger partial charge in [0.25, 0.3) is 0 Å². The van der Waals surface area contributed by atoms with Crippen LogP contribution >= 0.6 is 0 Å². The first-order valence-corrected chi connectivity index (χ1v) is 7.01. The molecule has 1 aromatic carbocycles. The van der Waals surface area contributed by atoms with Crippen LogP contribution in [0.3, 0.4) is 0 Å². The van der Waals surface area contributed by atoms with E-state index in [2.05, 4.69) is 5.16 Å². The van der Waals surface area contributed by atoms with Gasteiger partial charge >= 0.3 is 10.2 Å². The van der Waals surface area contributed by atoms with Crippen LogP contribution in [0.15, 0.2) is 35.5 Å². The molecule has 1 rings (SSSR count). The molecule has 0 atom stereocenters. The van der Waals surface area contributed by atoms with Gasteiger partial charge in [-0.1, -0.05) is 23.4 Å². The fourth-order valence-corrected chi connectivity index (χ4v) is 2.54. The van der Waals surface area contributed by atoms with Crippen molar-refractivity contribution in [2.75, 3.05) is 24.9 Å². The molecule has 0 spiro atoms. The SMILES string of the molecule is CN(C)S(=O)(=O)N(CC/C(N)=N/O)c1ccccc1. The average molecular weight is 286 g/mol. The molecule has 0 fully saturated rings. The molecule has 0 aliphatic carbocycles. The summed E-state index contributed by atoms with van der Waals surface area (Å²) < 4.78 is 26.8. The summed E-state index contributed by atoms with van der Waals surface area (Å²) in [5, 5.41) is 11.4. The lowest BCUT2D eigenvalue weighted by molar-refractivity contribution is 0.317. The third-order valence-electron chi connectivity index (χ3n) is 2.48. The highest BCUT2D eigenvalue weighted by Crippen LogP contribution is 2.19. The number of para-hydroxylation sites is 1. The first-order chi connectivity index (χ1) is 8.89. The molecule has 106 valence electrons. The van der Waals surface area contributed by atoms with Crippen LogP contribution in [0.4, 0.5) is 5.69 Å². The number of benzene rings is 1. The van der Waals surface area contributed by atoms with Crippen LogP contribution in [0, 0.1) is 0 Å². The fourth-order valence-electron chi connectivity index (χ4n) is 1.44. The van der Waals surface area contributed by atoms with E-state index in [1.165, 1.54) is 18.4 Å². The Hall–Kier alpha value is -1.80. The number of anilines is 1. The molecule has 0 aliphatic heterocycles. The van der Waals surface area contributed by atoms with Crippen molar-refractivity contribution in [2.45, 2.75) is 6.42 Å². The third kappa shape index (κ3) is 3.83. The smallest absolute Gasteiger partial charge is 0.303 e. The van der Waals surface area contributed by atoms with Gasteiger partial charge in [-0.3, -0.25) is 4.31 Å². The minimum atomic E-state index is -3.62. The number of amidine groups is 1. The van der Waals surface area contributed by atoms with Gasteiger partial charge in [0.15, 0.2) is 0 Å². The van der Waals surface area contributed by atoms with Gasteiger partial charge < -0.3 is 10.9 Å². The molecular formula is C11H18N4O3S. The lowest BCUT2D eigenvalue weighted by atomic mass is 10.3. The molecule has 0 aromatic heterocycles. The predicted octanol–water partition coefficient (Wildman–Crippen LogP) is 0.436. The number of nitrogens with two attached hydrogens (primary N) is 1. The van der Waals surface area contributed by atoms with Gasteiger partial charge in [0.05, 0.1) is 5.69 Å². The van der Waals surface area contributed by atoms with E-state index in [9.17, 15) is 8.42 Å². The van der Waals surface area contributed by atoms with Crippen molar-refractivity contribution < 1.29 is 13.6 Å². The van der Waals surface area contributed by atoms with Gasteiger partial charge in [-0.15, -0.1) is 0 Å². The molecule has 19 heavy (non-hydrogen) atoms. The summed E-state index contributed by atoms with van der Waals surface area (Å²) in [6.07, 6.45) is 0.137. The number of oxime groups is 1. The number of rotatable bonds is 6. The lowest BCUT2D eigenvalue weighted by Crippen LogP contribution is -2.41. The van der Waals surface area contributed by atoms with E-state index in [1.807, 2.05) is 0 Å². The second kappa shape index (κ2) is 6.39.